The molecule has 0 saturated carbocycles. The Balaban J connectivity index is 1.28. The predicted octanol–water partition coefficient (Wildman–Crippen LogP) is 3.38. The van der Waals surface area contributed by atoms with Crippen LogP contribution in [0.15, 0.2) is 42.7 Å². The van der Waals surface area contributed by atoms with E-state index in [0.717, 1.165) is 45.1 Å². The maximum absolute atomic E-state index is 11.7. The summed E-state index contributed by atoms with van der Waals surface area (Å²) < 4.78 is 12.7. The van der Waals surface area contributed by atoms with Gasteiger partial charge in [0.2, 0.25) is 0 Å². The molecule has 0 spiro atoms. The minimum Gasteiger partial charge on any atom is -0.462 e. The van der Waals surface area contributed by atoms with Crippen LogP contribution in [-0.2, 0) is 22.6 Å². The number of nitrogens with zero attached hydrogens (tertiary/aromatic N) is 3. The van der Waals surface area contributed by atoms with Crippen LogP contribution >= 0.6 is 0 Å². The van der Waals surface area contributed by atoms with Crippen molar-refractivity contribution in [2.45, 2.75) is 39.3 Å². The second kappa shape index (κ2) is 11.0. The molecule has 1 aliphatic rings. The Labute approximate surface area is 167 Å². The number of carbonyl (C=O) groups is 1. The van der Waals surface area contributed by atoms with Crippen LogP contribution < -0.4 is 0 Å². The van der Waals surface area contributed by atoms with Crippen molar-refractivity contribution in [1.29, 1.82) is 0 Å². The minimum absolute atomic E-state index is 0.295. The molecule has 1 aromatic heterocycles. The van der Waals surface area contributed by atoms with Crippen molar-refractivity contribution in [2.24, 2.45) is 5.92 Å². The zero-order chi connectivity index (χ0) is 19.6. The van der Waals surface area contributed by atoms with Crippen molar-refractivity contribution in [3.05, 3.63) is 53.9 Å². The molecule has 1 saturated heterocycles. The Bertz CT molecular complexity index is 709. The van der Waals surface area contributed by atoms with Gasteiger partial charge in [-0.25, -0.2) is 4.79 Å². The van der Waals surface area contributed by atoms with Gasteiger partial charge < -0.3 is 14.4 Å². The van der Waals surface area contributed by atoms with Crippen molar-refractivity contribution in [3.8, 4) is 0 Å². The lowest BCUT2D eigenvalue weighted by molar-refractivity contribution is 0.0526. The van der Waals surface area contributed by atoms with Gasteiger partial charge >= 0.3 is 5.97 Å². The first kappa shape index (κ1) is 20.6. The Morgan fingerprint density at radius 3 is 2.71 bits per heavy atom. The molecule has 1 aliphatic heterocycles. The third-order valence-electron chi connectivity index (χ3n) is 5.28. The summed E-state index contributed by atoms with van der Waals surface area (Å²) in [7, 11) is 0. The van der Waals surface area contributed by atoms with Crippen molar-refractivity contribution in [1.82, 2.24) is 14.7 Å². The number of aryl methyl sites for hydroxylation is 1. The third-order valence-corrected chi connectivity index (χ3v) is 5.28. The zero-order valence-electron chi connectivity index (χ0n) is 16.8. The number of carbonyl (C=O) groups excluding carboxylic acids is 1. The van der Waals surface area contributed by atoms with Gasteiger partial charge in [-0.05, 0) is 50.8 Å². The summed E-state index contributed by atoms with van der Waals surface area (Å²) in [6.07, 6.45) is 6.91. The highest BCUT2D eigenvalue weighted by Gasteiger charge is 2.19. The summed E-state index contributed by atoms with van der Waals surface area (Å²) in [5.74, 6) is 0.424. The van der Waals surface area contributed by atoms with E-state index in [0.29, 0.717) is 18.8 Å². The van der Waals surface area contributed by atoms with Crippen LogP contribution in [0.2, 0.25) is 0 Å². The van der Waals surface area contributed by atoms with Crippen molar-refractivity contribution in [2.75, 3.05) is 32.8 Å². The maximum atomic E-state index is 11.7. The van der Waals surface area contributed by atoms with Crippen molar-refractivity contribution in [3.63, 3.8) is 0 Å². The number of esters is 1. The van der Waals surface area contributed by atoms with Gasteiger partial charge in [-0.15, -0.1) is 0 Å². The molecule has 0 atom stereocenters. The SMILES string of the molecule is CCOC(=O)c1cnn(CCC2CCN(CCOCc3ccccc3)CC2)c1. The number of piperidine rings is 1. The highest BCUT2D eigenvalue weighted by Crippen LogP contribution is 2.21. The molecular formula is C22H31N3O3. The van der Waals surface area contributed by atoms with Crippen LogP contribution in [0, 0.1) is 5.92 Å². The summed E-state index contributed by atoms with van der Waals surface area (Å²) in [6, 6.07) is 10.3. The smallest absolute Gasteiger partial charge is 0.341 e. The molecule has 0 bridgehead atoms. The van der Waals surface area contributed by atoms with Gasteiger partial charge in [0, 0.05) is 19.3 Å². The van der Waals surface area contributed by atoms with Gasteiger partial charge in [-0.3, -0.25) is 4.68 Å². The van der Waals surface area contributed by atoms with Crippen molar-refractivity contribution < 1.29 is 14.3 Å². The van der Waals surface area contributed by atoms with E-state index in [4.69, 9.17) is 9.47 Å². The minimum atomic E-state index is -0.295. The maximum Gasteiger partial charge on any atom is 0.341 e. The van der Waals surface area contributed by atoms with E-state index in [1.165, 1.54) is 18.4 Å². The molecule has 3 rings (SSSR count). The number of likely N-dealkylation sites (tertiary alicyclic amines) is 1. The molecule has 0 radical (unpaired) electrons. The number of hydrogen-bond acceptors (Lipinski definition) is 5. The summed E-state index contributed by atoms with van der Waals surface area (Å²) in [5.41, 5.74) is 1.76. The highest BCUT2D eigenvalue weighted by molar-refractivity contribution is 5.88. The first-order chi connectivity index (χ1) is 13.7. The summed E-state index contributed by atoms with van der Waals surface area (Å²) >= 11 is 0. The van der Waals surface area contributed by atoms with Gasteiger partial charge in [0.05, 0.1) is 31.6 Å². The molecule has 28 heavy (non-hydrogen) atoms. The monoisotopic (exact) mass is 385 g/mol. The van der Waals surface area contributed by atoms with Crippen LogP contribution in [0.1, 0.15) is 42.1 Å². The van der Waals surface area contributed by atoms with E-state index < -0.39 is 0 Å². The molecule has 0 unspecified atom stereocenters. The van der Waals surface area contributed by atoms with Gasteiger partial charge in [-0.2, -0.15) is 5.10 Å². The number of benzene rings is 1. The summed E-state index contributed by atoms with van der Waals surface area (Å²) in [5, 5.41) is 4.28. The third kappa shape index (κ3) is 6.46. The lowest BCUT2D eigenvalue weighted by Gasteiger charge is -2.31. The standard InChI is InChI=1S/C22H31N3O3/c1-2-28-22(26)21-16-23-25(17-21)13-10-19-8-11-24(12-9-19)14-15-27-18-20-6-4-3-5-7-20/h3-7,16-17,19H,2,8-15,18H2,1H3. The zero-order valence-corrected chi connectivity index (χ0v) is 16.8. The van der Waals surface area contributed by atoms with E-state index >= 15 is 0 Å². The fourth-order valence-electron chi connectivity index (χ4n) is 3.58. The topological polar surface area (TPSA) is 56.6 Å². The second-order valence-corrected chi connectivity index (χ2v) is 7.32. The normalized spacial score (nSPS) is 15.6. The molecule has 6 heteroatoms. The van der Waals surface area contributed by atoms with Crippen LogP contribution in [0.5, 0.6) is 0 Å². The fraction of sp³-hybridized carbons (Fsp3) is 0.545. The van der Waals surface area contributed by atoms with Crippen LogP contribution in [-0.4, -0.2) is 53.5 Å². The quantitative estimate of drug-likeness (QED) is 0.464. The molecule has 1 aromatic carbocycles. The number of ether oxygens (including phenoxy) is 2. The largest absolute Gasteiger partial charge is 0.462 e. The molecule has 2 heterocycles. The van der Waals surface area contributed by atoms with E-state index in [9.17, 15) is 4.79 Å². The fourth-order valence-corrected chi connectivity index (χ4v) is 3.58. The Kier molecular flexibility index (Phi) is 8.06. The number of hydrogen-bond donors (Lipinski definition) is 0. The van der Waals surface area contributed by atoms with Gasteiger partial charge in [-0.1, -0.05) is 30.3 Å². The van der Waals surface area contributed by atoms with Gasteiger partial charge in [0.1, 0.15) is 0 Å². The Morgan fingerprint density at radius 2 is 1.96 bits per heavy atom. The molecule has 0 aliphatic carbocycles. The molecule has 6 nitrogen and oxygen atoms in total. The predicted molar refractivity (Wildman–Crippen MR) is 108 cm³/mol. The van der Waals surface area contributed by atoms with E-state index in [2.05, 4.69) is 22.1 Å². The van der Waals surface area contributed by atoms with E-state index in [1.807, 2.05) is 29.8 Å². The summed E-state index contributed by atoms with van der Waals surface area (Å²) in [4.78, 5) is 14.2. The number of aromatic nitrogens is 2. The lowest BCUT2D eigenvalue weighted by atomic mass is 9.93. The molecule has 0 N–H and O–H groups in total. The molecule has 1 fully saturated rings. The molecule has 0 amide bonds. The van der Waals surface area contributed by atoms with Gasteiger partial charge in [0.25, 0.3) is 0 Å². The van der Waals surface area contributed by atoms with Gasteiger partial charge in [0.15, 0.2) is 0 Å². The molecule has 2 aromatic rings. The molecular weight excluding hydrogens is 354 g/mol. The van der Waals surface area contributed by atoms with Crippen LogP contribution in [0.25, 0.3) is 0 Å². The average Bonchev–Trinajstić information content (AvgIpc) is 3.21. The van der Waals surface area contributed by atoms with Crippen molar-refractivity contribution >= 4 is 5.97 Å². The highest BCUT2D eigenvalue weighted by atomic mass is 16.5. The van der Waals surface area contributed by atoms with Crippen LogP contribution in [0.4, 0.5) is 0 Å². The first-order valence-electron chi connectivity index (χ1n) is 10.3. The van der Waals surface area contributed by atoms with E-state index in [-0.39, 0.29) is 5.97 Å². The first-order valence-corrected chi connectivity index (χ1v) is 10.3. The lowest BCUT2D eigenvalue weighted by Crippen LogP contribution is -2.36. The van der Waals surface area contributed by atoms with E-state index in [1.54, 1.807) is 12.4 Å². The second-order valence-electron chi connectivity index (χ2n) is 7.32. The average molecular weight is 386 g/mol. The van der Waals surface area contributed by atoms with Crippen LogP contribution in [0.3, 0.4) is 0 Å². The Hall–Kier alpha value is -2.18. The number of rotatable bonds is 10. The molecule has 152 valence electrons. The summed E-state index contributed by atoms with van der Waals surface area (Å²) in [6.45, 7) is 7.79. The Morgan fingerprint density at radius 1 is 1.18 bits per heavy atom.